The quantitative estimate of drug-likeness (QED) is 0.141. The van der Waals surface area contributed by atoms with Gasteiger partial charge < -0.3 is 28.8 Å². The van der Waals surface area contributed by atoms with Gasteiger partial charge in [0.2, 0.25) is 11.6 Å². The average molecular weight is 576 g/mol. The lowest BCUT2D eigenvalue weighted by Crippen LogP contribution is -2.52. The highest BCUT2D eigenvalue weighted by Crippen LogP contribution is 2.43. The third-order valence-electron chi connectivity index (χ3n) is 6.81. The molecule has 0 fully saturated rings. The van der Waals surface area contributed by atoms with Crippen LogP contribution in [-0.4, -0.2) is 57.0 Å². The first-order valence-electron chi connectivity index (χ1n) is 13.6. The second-order valence-corrected chi connectivity index (χ2v) is 9.53. The van der Waals surface area contributed by atoms with Crippen LogP contribution >= 0.6 is 0 Å². The third-order valence-corrected chi connectivity index (χ3v) is 6.81. The molecule has 0 aromatic heterocycles. The monoisotopic (exact) mass is 575 g/mol. The summed E-state index contributed by atoms with van der Waals surface area (Å²) in [5.41, 5.74) is 6.84. The molecule has 0 bridgehead atoms. The molecule has 3 N–H and O–H groups in total. The Kier molecular flexibility index (Phi) is 10.4. The topological polar surface area (TPSA) is 120 Å². The van der Waals surface area contributed by atoms with Gasteiger partial charge in [0.15, 0.2) is 23.1 Å². The summed E-state index contributed by atoms with van der Waals surface area (Å²) in [7, 11) is 4.64. The number of hydrogen-bond acceptors (Lipinski definition) is 9. The number of carbonyl (C=O) groups excluding carboxylic acids is 1. The van der Waals surface area contributed by atoms with E-state index in [0.717, 1.165) is 11.1 Å². The van der Waals surface area contributed by atoms with Crippen molar-refractivity contribution in [2.45, 2.75) is 31.0 Å². The summed E-state index contributed by atoms with van der Waals surface area (Å²) >= 11 is 0. The van der Waals surface area contributed by atoms with Gasteiger partial charge in [-0.3, -0.25) is 10.2 Å². The van der Waals surface area contributed by atoms with Crippen molar-refractivity contribution in [1.82, 2.24) is 10.9 Å². The summed E-state index contributed by atoms with van der Waals surface area (Å²) in [5.74, 6) is 2.13. The number of hydrogen-bond donors (Lipinski definition) is 3. The van der Waals surface area contributed by atoms with E-state index in [9.17, 15) is 4.79 Å². The Morgan fingerprint density at radius 3 is 2.33 bits per heavy atom. The van der Waals surface area contributed by atoms with E-state index in [2.05, 4.69) is 17.4 Å². The first kappa shape index (κ1) is 30.4. The second-order valence-electron chi connectivity index (χ2n) is 9.53. The smallest absolute Gasteiger partial charge is 0.266 e. The Bertz CT molecular complexity index is 1350. The van der Waals surface area contributed by atoms with E-state index < -0.39 is 11.6 Å². The zero-order valence-corrected chi connectivity index (χ0v) is 24.1. The van der Waals surface area contributed by atoms with E-state index in [-0.39, 0.29) is 25.5 Å². The van der Waals surface area contributed by atoms with Crippen LogP contribution in [0.15, 0.2) is 84.4 Å². The number of aliphatic hydroxyl groups is 1. The lowest BCUT2D eigenvalue weighted by molar-refractivity contribution is -0.129. The molecule has 4 rings (SSSR count). The fourth-order valence-electron chi connectivity index (χ4n) is 4.74. The number of hydrazine groups is 1. The SMILES string of the molecule is C=CC[C@]1(C(=O)NNCc2cc(OC)c(OC)c(OC)c2)N=C(c2ccc(OCCCO)cc2)O[C@H]1c1ccccc1. The van der Waals surface area contributed by atoms with Crippen molar-refractivity contribution in [3.63, 3.8) is 0 Å². The van der Waals surface area contributed by atoms with E-state index in [0.29, 0.717) is 47.5 Å². The van der Waals surface area contributed by atoms with Crippen molar-refractivity contribution in [2.75, 3.05) is 34.5 Å². The summed E-state index contributed by atoms with van der Waals surface area (Å²) in [6.45, 7) is 4.66. The molecule has 0 radical (unpaired) electrons. The zero-order chi connectivity index (χ0) is 30.0. The zero-order valence-electron chi connectivity index (χ0n) is 24.1. The number of ether oxygens (including phenoxy) is 5. The van der Waals surface area contributed by atoms with Gasteiger partial charge in [0, 0.05) is 31.6 Å². The Hall–Kier alpha value is -4.54. The van der Waals surface area contributed by atoms with Crippen molar-refractivity contribution >= 4 is 11.8 Å². The van der Waals surface area contributed by atoms with Gasteiger partial charge in [0.25, 0.3) is 5.91 Å². The molecular weight excluding hydrogens is 538 g/mol. The number of methoxy groups -OCH3 is 3. The number of nitrogens with zero attached hydrogens (tertiary/aromatic N) is 1. The molecule has 1 heterocycles. The summed E-state index contributed by atoms with van der Waals surface area (Å²) in [4.78, 5) is 18.8. The fraction of sp³-hybridized carbons (Fsp3) is 0.312. The van der Waals surface area contributed by atoms with E-state index in [1.54, 1.807) is 39.5 Å². The summed E-state index contributed by atoms with van der Waals surface area (Å²) < 4.78 is 28.3. The first-order chi connectivity index (χ1) is 20.5. The normalized spacial score (nSPS) is 17.5. The number of nitrogens with one attached hydrogen (secondary N) is 2. The predicted molar refractivity (Wildman–Crippen MR) is 159 cm³/mol. The van der Waals surface area contributed by atoms with E-state index in [1.165, 1.54) is 0 Å². The maximum absolute atomic E-state index is 13.9. The maximum atomic E-state index is 13.9. The number of aliphatic hydroxyl groups excluding tert-OH is 1. The number of amides is 1. The number of rotatable bonds is 15. The largest absolute Gasteiger partial charge is 0.494 e. The molecule has 3 aromatic rings. The maximum Gasteiger partial charge on any atom is 0.266 e. The highest BCUT2D eigenvalue weighted by atomic mass is 16.5. The van der Waals surface area contributed by atoms with Crippen LogP contribution in [0.4, 0.5) is 0 Å². The van der Waals surface area contributed by atoms with Gasteiger partial charge >= 0.3 is 0 Å². The molecule has 3 aromatic carbocycles. The van der Waals surface area contributed by atoms with Crippen LogP contribution in [0.5, 0.6) is 23.0 Å². The molecule has 10 nitrogen and oxygen atoms in total. The lowest BCUT2D eigenvalue weighted by Gasteiger charge is -2.29. The minimum atomic E-state index is -1.32. The Balaban J connectivity index is 1.59. The van der Waals surface area contributed by atoms with E-state index >= 15 is 0 Å². The molecule has 1 aliphatic rings. The van der Waals surface area contributed by atoms with Crippen molar-refractivity contribution in [3.8, 4) is 23.0 Å². The van der Waals surface area contributed by atoms with Crippen molar-refractivity contribution < 1.29 is 33.6 Å². The average Bonchev–Trinajstić information content (AvgIpc) is 3.42. The van der Waals surface area contributed by atoms with Crippen LogP contribution < -0.4 is 29.8 Å². The molecule has 1 aliphatic heterocycles. The van der Waals surface area contributed by atoms with Crippen LogP contribution in [0.1, 0.15) is 35.6 Å². The highest BCUT2D eigenvalue weighted by molar-refractivity contribution is 6.01. The molecule has 1 amide bonds. The molecule has 0 aliphatic carbocycles. The Labute approximate surface area is 245 Å². The van der Waals surface area contributed by atoms with Crippen molar-refractivity contribution in [1.29, 1.82) is 0 Å². The van der Waals surface area contributed by atoms with Gasteiger partial charge in [-0.2, -0.15) is 0 Å². The summed E-state index contributed by atoms with van der Waals surface area (Å²) in [6, 6.07) is 20.4. The van der Waals surface area contributed by atoms with Gasteiger partial charge in [-0.15, -0.1) is 6.58 Å². The lowest BCUT2D eigenvalue weighted by atomic mass is 9.84. The van der Waals surface area contributed by atoms with Gasteiger partial charge in [0.05, 0.1) is 27.9 Å². The molecular formula is C32H37N3O7. The Morgan fingerprint density at radius 2 is 1.74 bits per heavy atom. The number of aliphatic imine (C=N–C) groups is 1. The van der Waals surface area contributed by atoms with Crippen LogP contribution in [0.2, 0.25) is 0 Å². The first-order valence-corrected chi connectivity index (χ1v) is 13.6. The van der Waals surface area contributed by atoms with Crippen molar-refractivity contribution in [3.05, 3.63) is 96.1 Å². The van der Waals surface area contributed by atoms with E-state index in [4.69, 9.17) is 33.8 Å². The van der Waals surface area contributed by atoms with Crippen molar-refractivity contribution in [2.24, 2.45) is 4.99 Å². The molecule has 0 saturated carbocycles. The van der Waals surface area contributed by atoms with Crippen LogP contribution in [0.25, 0.3) is 0 Å². The minimum absolute atomic E-state index is 0.0639. The van der Waals surface area contributed by atoms with Gasteiger partial charge in [0.1, 0.15) is 5.75 Å². The fourth-order valence-corrected chi connectivity index (χ4v) is 4.74. The number of carbonyl (C=O) groups is 1. The third kappa shape index (κ3) is 6.67. The molecule has 0 saturated heterocycles. The Morgan fingerprint density at radius 1 is 1.05 bits per heavy atom. The molecule has 0 spiro atoms. The van der Waals surface area contributed by atoms with Gasteiger partial charge in [-0.25, -0.2) is 10.4 Å². The van der Waals surface area contributed by atoms with Crippen LogP contribution in [0.3, 0.4) is 0 Å². The standard InChI is InChI=1S/C32H37N3O7/c1-5-16-32(31(37)35-33-21-22-19-26(38-2)28(40-4)27(20-22)39-3)29(23-10-7-6-8-11-23)42-30(34-32)24-12-14-25(15-13-24)41-18-9-17-36/h5-8,10-15,19-20,29,33,36H,1,9,16-18,21H2,2-4H3,(H,35,37)/t29-,32-/m0/s1. The van der Waals surface area contributed by atoms with Gasteiger partial charge in [-0.1, -0.05) is 36.4 Å². The second kappa shape index (κ2) is 14.4. The van der Waals surface area contributed by atoms with Gasteiger partial charge in [-0.05, 0) is 47.5 Å². The predicted octanol–water partition coefficient (Wildman–Crippen LogP) is 4.13. The van der Waals surface area contributed by atoms with Crippen LogP contribution in [0, 0.1) is 0 Å². The summed E-state index contributed by atoms with van der Waals surface area (Å²) in [5, 5.41) is 8.99. The molecule has 42 heavy (non-hydrogen) atoms. The number of benzene rings is 3. The molecule has 10 heteroatoms. The highest BCUT2D eigenvalue weighted by Gasteiger charge is 2.52. The molecule has 222 valence electrons. The molecule has 2 atom stereocenters. The van der Waals surface area contributed by atoms with Crippen LogP contribution in [-0.2, 0) is 16.1 Å². The minimum Gasteiger partial charge on any atom is -0.494 e. The summed E-state index contributed by atoms with van der Waals surface area (Å²) in [6.07, 6.45) is 1.75. The molecule has 0 unspecified atom stereocenters. The van der Waals surface area contributed by atoms with E-state index in [1.807, 2.05) is 54.6 Å².